The third kappa shape index (κ3) is 5.11. The summed E-state index contributed by atoms with van der Waals surface area (Å²) in [5.74, 6) is 0.688. The van der Waals surface area contributed by atoms with Crippen LogP contribution in [-0.2, 0) is 16.6 Å². The summed E-state index contributed by atoms with van der Waals surface area (Å²) in [6, 6.07) is 9.86. The number of piperazine rings is 1. The third-order valence-corrected chi connectivity index (χ3v) is 6.81. The number of carbonyl (C=O) groups is 1. The van der Waals surface area contributed by atoms with Crippen molar-refractivity contribution in [3.63, 3.8) is 0 Å². The summed E-state index contributed by atoms with van der Waals surface area (Å²) in [5.41, 5.74) is 1.31. The molecule has 1 aromatic carbocycles. The summed E-state index contributed by atoms with van der Waals surface area (Å²) >= 11 is 0. The topological polar surface area (TPSA) is 85.8 Å². The molecule has 1 aliphatic heterocycles. The fourth-order valence-corrected chi connectivity index (χ4v) is 3.92. The Bertz CT molecular complexity index is 935. The van der Waals surface area contributed by atoms with E-state index >= 15 is 0 Å². The first-order chi connectivity index (χ1) is 13.8. The number of hydrogen-bond donors (Lipinski definition) is 1. The standard InChI is InChI=1S/C20H27N5O3S/c1-23(2)29(27,28)18-7-5-17(6-8-18)20(26)22-15-16-4-9-19(21-14-16)25-12-10-24(3)11-13-25/h4-9,14H,10-13,15H2,1-3H3,(H,22,26). The molecule has 0 unspecified atom stereocenters. The van der Waals surface area contributed by atoms with E-state index in [1.807, 2.05) is 12.1 Å². The normalized spacial score (nSPS) is 15.5. The number of anilines is 1. The van der Waals surface area contributed by atoms with Gasteiger partial charge in [0.15, 0.2) is 0 Å². The Morgan fingerprint density at radius 3 is 2.28 bits per heavy atom. The minimum Gasteiger partial charge on any atom is -0.354 e. The van der Waals surface area contributed by atoms with Crippen LogP contribution in [0.2, 0.25) is 0 Å². The van der Waals surface area contributed by atoms with Gasteiger partial charge in [-0.1, -0.05) is 6.07 Å². The van der Waals surface area contributed by atoms with Crippen molar-refractivity contribution in [1.82, 2.24) is 19.5 Å². The Hall–Kier alpha value is -2.49. The Labute approximate surface area is 172 Å². The van der Waals surface area contributed by atoms with Crippen molar-refractivity contribution >= 4 is 21.7 Å². The van der Waals surface area contributed by atoms with Crippen LogP contribution in [-0.4, -0.2) is 75.8 Å². The number of carbonyl (C=O) groups excluding carboxylic acids is 1. The van der Waals surface area contributed by atoms with E-state index in [4.69, 9.17) is 0 Å². The van der Waals surface area contributed by atoms with Crippen molar-refractivity contribution in [1.29, 1.82) is 0 Å². The summed E-state index contributed by atoms with van der Waals surface area (Å²) in [6.45, 7) is 4.31. The highest BCUT2D eigenvalue weighted by atomic mass is 32.2. The predicted octanol–water partition coefficient (Wildman–Crippen LogP) is 1.01. The monoisotopic (exact) mass is 417 g/mol. The van der Waals surface area contributed by atoms with Gasteiger partial charge in [-0.2, -0.15) is 0 Å². The fraction of sp³-hybridized carbons (Fsp3) is 0.400. The number of benzene rings is 1. The molecule has 1 amide bonds. The molecule has 1 saturated heterocycles. The number of rotatable bonds is 6. The summed E-state index contributed by atoms with van der Waals surface area (Å²) in [4.78, 5) is 21.6. The van der Waals surface area contributed by atoms with E-state index < -0.39 is 10.0 Å². The quantitative estimate of drug-likeness (QED) is 0.755. The maximum Gasteiger partial charge on any atom is 0.251 e. The van der Waals surface area contributed by atoms with E-state index in [9.17, 15) is 13.2 Å². The van der Waals surface area contributed by atoms with Crippen molar-refractivity contribution in [2.75, 3.05) is 52.2 Å². The predicted molar refractivity (Wildman–Crippen MR) is 112 cm³/mol. The van der Waals surface area contributed by atoms with E-state index in [2.05, 4.69) is 27.1 Å². The Morgan fingerprint density at radius 2 is 1.72 bits per heavy atom. The van der Waals surface area contributed by atoms with Gasteiger partial charge in [0.25, 0.3) is 5.91 Å². The molecule has 0 atom stereocenters. The highest BCUT2D eigenvalue weighted by Crippen LogP contribution is 2.15. The highest BCUT2D eigenvalue weighted by Gasteiger charge is 2.18. The van der Waals surface area contributed by atoms with E-state index in [1.165, 1.54) is 38.4 Å². The Morgan fingerprint density at radius 1 is 1.07 bits per heavy atom. The molecule has 3 rings (SSSR count). The lowest BCUT2D eigenvalue weighted by Crippen LogP contribution is -2.44. The smallest absolute Gasteiger partial charge is 0.251 e. The van der Waals surface area contributed by atoms with Gasteiger partial charge in [0.05, 0.1) is 4.90 Å². The van der Waals surface area contributed by atoms with Gasteiger partial charge in [-0.3, -0.25) is 4.79 Å². The number of sulfonamides is 1. The number of nitrogens with one attached hydrogen (secondary N) is 1. The first kappa shape index (κ1) is 21.2. The lowest BCUT2D eigenvalue weighted by Gasteiger charge is -2.33. The Kier molecular flexibility index (Phi) is 6.51. The molecular formula is C20H27N5O3S. The number of likely N-dealkylation sites (N-methyl/N-ethyl adjacent to an activating group) is 1. The molecular weight excluding hydrogens is 390 g/mol. The molecule has 1 N–H and O–H groups in total. The summed E-state index contributed by atoms with van der Waals surface area (Å²) < 4.78 is 25.3. The van der Waals surface area contributed by atoms with E-state index in [-0.39, 0.29) is 10.8 Å². The Balaban J connectivity index is 1.56. The summed E-state index contributed by atoms with van der Waals surface area (Å²) in [5, 5.41) is 2.84. The van der Waals surface area contributed by atoms with Crippen LogP contribution in [0.3, 0.4) is 0 Å². The first-order valence-electron chi connectivity index (χ1n) is 9.46. The van der Waals surface area contributed by atoms with E-state index in [0.29, 0.717) is 12.1 Å². The number of nitrogens with zero attached hydrogens (tertiary/aromatic N) is 4. The maximum atomic E-state index is 12.4. The van der Waals surface area contributed by atoms with Crippen LogP contribution in [0.25, 0.3) is 0 Å². The fourth-order valence-electron chi connectivity index (χ4n) is 3.02. The molecule has 0 saturated carbocycles. The number of aromatic nitrogens is 1. The minimum absolute atomic E-state index is 0.155. The number of pyridine rings is 1. The average Bonchev–Trinajstić information content (AvgIpc) is 2.73. The molecule has 0 radical (unpaired) electrons. The van der Waals surface area contributed by atoms with Crippen LogP contribution in [0.1, 0.15) is 15.9 Å². The summed E-state index contributed by atoms with van der Waals surface area (Å²) in [7, 11) is 1.55. The van der Waals surface area contributed by atoms with Crippen LogP contribution in [0.15, 0.2) is 47.5 Å². The third-order valence-electron chi connectivity index (χ3n) is 4.98. The number of hydrogen-bond acceptors (Lipinski definition) is 6. The van der Waals surface area contributed by atoms with Crippen LogP contribution in [0.5, 0.6) is 0 Å². The van der Waals surface area contributed by atoms with Gasteiger partial charge in [-0.15, -0.1) is 0 Å². The average molecular weight is 418 g/mol. The van der Waals surface area contributed by atoms with Crippen molar-refractivity contribution in [3.05, 3.63) is 53.7 Å². The molecule has 0 bridgehead atoms. The lowest BCUT2D eigenvalue weighted by molar-refractivity contribution is 0.0951. The second kappa shape index (κ2) is 8.89. The first-order valence-corrected chi connectivity index (χ1v) is 10.9. The molecule has 2 heterocycles. The second-order valence-electron chi connectivity index (χ2n) is 7.31. The molecule has 156 valence electrons. The van der Waals surface area contributed by atoms with Gasteiger partial charge >= 0.3 is 0 Å². The van der Waals surface area contributed by atoms with Gasteiger partial charge in [-0.05, 0) is 42.9 Å². The largest absolute Gasteiger partial charge is 0.354 e. The van der Waals surface area contributed by atoms with Crippen LogP contribution in [0, 0.1) is 0 Å². The van der Waals surface area contributed by atoms with E-state index in [0.717, 1.165) is 41.9 Å². The number of amides is 1. The molecule has 8 nitrogen and oxygen atoms in total. The van der Waals surface area contributed by atoms with Crippen molar-refractivity contribution < 1.29 is 13.2 Å². The maximum absolute atomic E-state index is 12.4. The summed E-state index contributed by atoms with van der Waals surface area (Å²) in [6.07, 6.45) is 1.78. The van der Waals surface area contributed by atoms with Gasteiger partial charge < -0.3 is 15.1 Å². The van der Waals surface area contributed by atoms with Crippen LogP contribution < -0.4 is 10.2 Å². The van der Waals surface area contributed by atoms with Crippen LogP contribution >= 0.6 is 0 Å². The van der Waals surface area contributed by atoms with Crippen LogP contribution in [0.4, 0.5) is 5.82 Å². The molecule has 1 fully saturated rings. The van der Waals surface area contributed by atoms with E-state index in [1.54, 1.807) is 6.20 Å². The molecule has 1 aromatic heterocycles. The van der Waals surface area contributed by atoms with Crippen molar-refractivity contribution in [2.24, 2.45) is 0 Å². The van der Waals surface area contributed by atoms with Gasteiger partial charge in [0.1, 0.15) is 5.82 Å². The second-order valence-corrected chi connectivity index (χ2v) is 9.46. The van der Waals surface area contributed by atoms with Crippen molar-refractivity contribution in [2.45, 2.75) is 11.4 Å². The zero-order chi connectivity index (χ0) is 21.0. The van der Waals surface area contributed by atoms with Gasteiger partial charge in [-0.25, -0.2) is 17.7 Å². The molecule has 1 aliphatic rings. The van der Waals surface area contributed by atoms with Gasteiger partial charge in [0.2, 0.25) is 10.0 Å². The highest BCUT2D eigenvalue weighted by molar-refractivity contribution is 7.89. The zero-order valence-electron chi connectivity index (χ0n) is 17.0. The molecule has 2 aromatic rings. The lowest BCUT2D eigenvalue weighted by atomic mass is 10.2. The zero-order valence-corrected chi connectivity index (χ0v) is 17.8. The molecule has 9 heteroatoms. The minimum atomic E-state index is -3.50. The molecule has 29 heavy (non-hydrogen) atoms. The van der Waals surface area contributed by atoms with Crippen molar-refractivity contribution in [3.8, 4) is 0 Å². The molecule has 0 spiro atoms. The van der Waals surface area contributed by atoms with Gasteiger partial charge in [0, 0.05) is 58.6 Å². The SMILES string of the molecule is CN1CCN(c2ccc(CNC(=O)c3ccc(S(=O)(=O)N(C)C)cc3)cn2)CC1. The molecule has 0 aliphatic carbocycles.